The number of benzene rings is 2. The number of aromatic nitrogens is 1. The minimum Gasteiger partial charge on any atom is -0.347 e. The van der Waals surface area contributed by atoms with Crippen LogP contribution in [-0.4, -0.2) is 16.3 Å². The lowest BCUT2D eigenvalue weighted by atomic mass is 10.1. The predicted molar refractivity (Wildman–Crippen MR) is 99.5 cm³/mol. The van der Waals surface area contributed by atoms with Crippen molar-refractivity contribution >= 4 is 44.2 Å². The van der Waals surface area contributed by atoms with Gasteiger partial charge in [-0.3, -0.25) is 9.59 Å². The maximum Gasteiger partial charge on any atom is 0.296 e. The number of hydrogen-bond donors (Lipinski definition) is 1. The van der Waals surface area contributed by atoms with Crippen molar-refractivity contribution < 1.29 is 9.59 Å². The number of nitrogens with zero attached hydrogens (tertiary/aromatic N) is 1. The van der Waals surface area contributed by atoms with E-state index in [2.05, 4.69) is 21.2 Å². The number of nitrogens with one attached hydrogen (secondary N) is 1. The Morgan fingerprint density at radius 3 is 2.50 bits per heavy atom. The molecule has 0 spiro atoms. The van der Waals surface area contributed by atoms with E-state index in [-0.39, 0.29) is 0 Å². The number of para-hydroxylation sites is 1. The Hall–Kier alpha value is -2.40. The Labute approximate surface area is 148 Å². The van der Waals surface area contributed by atoms with Gasteiger partial charge in [0.2, 0.25) is 0 Å². The van der Waals surface area contributed by atoms with Crippen molar-refractivity contribution in [1.29, 1.82) is 0 Å². The van der Waals surface area contributed by atoms with E-state index in [1.807, 2.05) is 61.9 Å². The van der Waals surface area contributed by atoms with Gasteiger partial charge in [-0.2, -0.15) is 0 Å². The molecule has 2 aromatic carbocycles. The summed E-state index contributed by atoms with van der Waals surface area (Å²) in [6.45, 7) is 3.74. The molecule has 1 amide bonds. The molecular weight excluding hydrogens is 368 g/mol. The highest BCUT2D eigenvalue weighted by molar-refractivity contribution is 9.10. The van der Waals surface area contributed by atoms with Gasteiger partial charge in [0.15, 0.2) is 0 Å². The van der Waals surface area contributed by atoms with Crippen LogP contribution in [0.5, 0.6) is 0 Å². The van der Waals surface area contributed by atoms with E-state index >= 15 is 0 Å². The van der Waals surface area contributed by atoms with Crippen LogP contribution in [0, 0.1) is 13.8 Å². The Balaban J connectivity index is 1.97. The third-order valence-electron chi connectivity index (χ3n) is 4.27. The molecule has 5 heteroatoms. The molecule has 0 atom stereocenters. The highest BCUT2D eigenvalue weighted by Crippen LogP contribution is 2.26. The second-order valence-electron chi connectivity index (χ2n) is 5.78. The lowest BCUT2D eigenvalue weighted by Crippen LogP contribution is -2.24. The Morgan fingerprint density at radius 1 is 1.08 bits per heavy atom. The summed E-state index contributed by atoms with van der Waals surface area (Å²) >= 11 is 3.39. The summed E-state index contributed by atoms with van der Waals surface area (Å²) in [6, 6.07) is 13.1. The Morgan fingerprint density at radius 2 is 1.79 bits per heavy atom. The van der Waals surface area contributed by atoms with E-state index in [9.17, 15) is 9.59 Å². The van der Waals surface area contributed by atoms with Gasteiger partial charge < -0.3 is 9.88 Å². The van der Waals surface area contributed by atoms with Crippen molar-refractivity contribution in [2.45, 2.75) is 13.8 Å². The quantitative estimate of drug-likeness (QED) is 0.538. The molecule has 0 aliphatic rings. The van der Waals surface area contributed by atoms with Crippen molar-refractivity contribution in [3.8, 4) is 0 Å². The molecule has 3 aromatic rings. The molecule has 0 fully saturated rings. The largest absolute Gasteiger partial charge is 0.347 e. The summed E-state index contributed by atoms with van der Waals surface area (Å²) in [4.78, 5) is 25.2. The van der Waals surface area contributed by atoms with E-state index in [1.165, 1.54) is 0 Å². The number of rotatable bonds is 3. The van der Waals surface area contributed by atoms with Crippen molar-refractivity contribution in [2.24, 2.45) is 7.05 Å². The molecule has 0 bridgehead atoms. The molecule has 1 heterocycles. The van der Waals surface area contributed by atoms with Crippen LogP contribution in [0.15, 0.2) is 46.9 Å². The normalized spacial score (nSPS) is 10.8. The van der Waals surface area contributed by atoms with Gasteiger partial charge in [-0.05, 0) is 43.7 Å². The van der Waals surface area contributed by atoms with Crippen molar-refractivity contribution in [3.05, 3.63) is 63.8 Å². The minimum absolute atomic E-state index is 0.459. The minimum atomic E-state index is -0.625. The van der Waals surface area contributed by atoms with E-state index < -0.39 is 11.7 Å². The molecule has 4 nitrogen and oxygen atoms in total. The maximum absolute atomic E-state index is 12.7. The molecule has 0 radical (unpaired) electrons. The zero-order valence-electron chi connectivity index (χ0n) is 13.7. The zero-order valence-corrected chi connectivity index (χ0v) is 15.3. The number of halogens is 1. The van der Waals surface area contributed by atoms with Crippen LogP contribution < -0.4 is 5.32 Å². The number of carbonyl (C=O) groups excluding carboxylic acids is 2. The monoisotopic (exact) mass is 384 g/mol. The SMILES string of the molecule is Cc1cc(Br)ccc1NC(=O)C(=O)c1c(C)n(C)c2ccccc12. The summed E-state index contributed by atoms with van der Waals surface area (Å²) in [5, 5.41) is 3.51. The lowest BCUT2D eigenvalue weighted by molar-refractivity contribution is -0.112. The number of fused-ring (bicyclic) bond motifs is 1. The first kappa shape index (κ1) is 16.5. The number of amides is 1. The Bertz CT molecular complexity index is 973. The molecule has 0 aliphatic heterocycles. The van der Waals surface area contributed by atoms with Gasteiger partial charge in [0.1, 0.15) is 0 Å². The first-order valence-corrected chi connectivity index (χ1v) is 8.35. The molecule has 1 N–H and O–H groups in total. The molecule has 0 saturated heterocycles. The first-order valence-electron chi connectivity index (χ1n) is 7.56. The summed E-state index contributed by atoms with van der Waals surface area (Å²) < 4.78 is 2.86. The fourth-order valence-electron chi connectivity index (χ4n) is 2.87. The predicted octanol–water partition coefficient (Wildman–Crippen LogP) is 4.38. The number of anilines is 1. The van der Waals surface area contributed by atoms with Gasteiger partial charge in [0, 0.05) is 33.8 Å². The molecule has 0 aliphatic carbocycles. The summed E-state index contributed by atoms with van der Waals surface area (Å²) in [7, 11) is 1.89. The van der Waals surface area contributed by atoms with E-state index in [1.54, 1.807) is 6.07 Å². The van der Waals surface area contributed by atoms with Gasteiger partial charge in [-0.25, -0.2) is 0 Å². The van der Waals surface area contributed by atoms with Gasteiger partial charge >= 0.3 is 0 Å². The average molecular weight is 385 g/mol. The van der Waals surface area contributed by atoms with Gasteiger partial charge in [-0.15, -0.1) is 0 Å². The number of Topliss-reactive ketones (excluding diaryl/α,β-unsaturated/α-hetero) is 1. The fraction of sp³-hybridized carbons (Fsp3) is 0.158. The van der Waals surface area contributed by atoms with Gasteiger partial charge in [0.05, 0.1) is 5.56 Å². The maximum atomic E-state index is 12.7. The number of ketones is 1. The van der Waals surface area contributed by atoms with Crippen LogP contribution in [0.4, 0.5) is 5.69 Å². The number of carbonyl (C=O) groups is 2. The Kier molecular flexibility index (Phi) is 4.28. The summed E-state index contributed by atoms with van der Waals surface area (Å²) in [5.41, 5.74) is 3.70. The van der Waals surface area contributed by atoms with E-state index in [0.29, 0.717) is 11.3 Å². The summed E-state index contributed by atoms with van der Waals surface area (Å²) in [5.74, 6) is -1.15. The fourth-order valence-corrected chi connectivity index (χ4v) is 3.34. The van der Waals surface area contributed by atoms with Gasteiger partial charge in [0.25, 0.3) is 11.7 Å². The van der Waals surface area contributed by atoms with Gasteiger partial charge in [-0.1, -0.05) is 34.1 Å². The molecule has 3 rings (SSSR count). The molecule has 1 aromatic heterocycles. The summed E-state index contributed by atoms with van der Waals surface area (Å²) in [6.07, 6.45) is 0. The molecule has 0 unspecified atom stereocenters. The average Bonchev–Trinajstić information content (AvgIpc) is 2.81. The number of hydrogen-bond acceptors (Lipinski definition) is 2. The van der Waals surface area contributed by atoms with E-state index in [4.69, 9.17) is 0 Å². The molecular formula is C19H17BrN2O2. The van der Waals surface area contributed by atoms with Crippen LogP contribution in [0.3, 0.4) is 0 Å². The molecule has 0 saturated carbocycles. The van der Waals surface area contributed by atoms with Crippen LogP contribution in [0.2, 0.25) is 0 Å². The van der Waals surface area contributed by atoms with E-state index in [0.717, 1.165) is 26.6 Å². The van der Waals surface area contributed by atoms with Crippen LogP contribution >= 0.6 is 15.9 Å². The van der Waals surface area contributed by atoms with Crippen LogP contribution in [-0.2, 0) is 11.8 Å². The zero-order chi connectivity index (χ0) is 17.4. The third kappa shape index (κ3) is 2.76. The number of aryl methyl sites for hydroxylation is 2. The molecule has 122 valence electrons. The second kappa shape index (κ2) is 6.24. The lowest BCUT2D eigenvalue weighted by Gasteiger charge is -2.08. The van der Waals surface area contributed by atoms with Crippen LogP contribution in [0.1, 0.15) is 21.6 Å². The highest BCUT2D eigenvalue weighted by Gasteiger charge is 2.24. The van der Waals surface area contributed by atoms with Crippen molar-refractivity contribution in [2.75, 3.05) is 5.32 Å². The second-order valence-corrected chi connectivity index (χ2v) is 6.69. The smallest absolute Gasteiger partial charge is 0.296 e. The molecule has 24 heavy (non-hydrogen) atoms. The van der Waals surface area contributed by atoms with Crippen LogP contribution in [0.25, 0.3) is 10.9 Å². The first-order chi connectivity index (χ1) is 11.4. The standard InChI is InChI=1S/C19H17BrN2O2/c1-11-10-13(20)8-9-15(11)21-19(24)18(23)17-12(2)22(3)16-7-5-4-6-14(16)17/h4-10H,1-3H3,(H,21,24). The highest BCUT2D eigenvalue weighted by atomic mass is 79.9. The van der Waals surface area contributed by atoms with Crippen molar-refractivity contribution in [3.63, 3.8) is 0 Å². The third-order valence-corrected chi connectivity index (χ3v) is 4.76. The van der Waals surface area contributed by atoms with Crippen molar-refractivity contribution in [1.82, 2.24) is 4.57 Å². The topological polar surface area (TPSA) is 51.1 Å².